The Morgan fingerprint density at radius 2 is 0.963 bits per heavy atom. The number of aliphatic hydroxyl groups excluding tert-OH is 3. The summed E-state index contributed by atoms with van der Waals surface area (Å²) in [6.07, 6.45) is 24.5. The summed E-state index contributed by atoms with van der Waals surface area (Å²) in [4.78, 5) is 10.1. The Morgan fingerprint density at radius 3 is 1.27 bits per heavy atom. The minimum absolute atomic E-state index is 0. The second-order valence-corrected chi connectivity index (χ2v) is 21.1. The molecule has 0 aromatic heterocycles. The van der Waals surface area contributed by atoms with Crippen molar-refractivity contribution in [2.24, 2.45) is 5.73 Å². The Kier molecular flexibility index (Phi) is 45.4. The minimum Gasteiger partial charge on any atom is -1.00 e. The number of hydrogen-bond acceptors (Lipinski definition) is 12. The smallest absolute Gasteiger partial charge is 1.00 e. The molecule has 0 spiro atoms. The Balaban J connectivity index is -0.000000929. The maximum Gasteiger partial charge on any atom is 1.00 e. The minimum atomic E-state index is -0.744. The van der Waals surface area contributed by atoms with Crippen molar-refractivity contribution in [2.45, 2.75) is 171 Å². The van der Waals surface area contributed by atoms with Crippen LogP contribution in [0.3, 0.4) is 0 Å². The standard InChI is InChI=1S/C17H25NO2.C17H21NO2.C9H8BrNO.C8H14O.C7H5BrO.C4H10O.C2H3N.Al.Li.4H/c2*18-12-8-16(19)15-6-4-5-14(13-15)7-11-17(20)9-2-1-3-10-17;10-8-3-1-2-7(6-8)9(12)4-5-11;1-2-8(9)6-4-3-5-7-8;8-7-3-1-2-6(4-7)5-9;1-3-5-4-2;1-2-3;;;;;;/h4-7,11,13,16,19-20H,1-3,8-10,12,18H2;4-7,11,13,16,19-20H,1-3,8-10H2;1-3,6,9,12H,4H2;2,9H,1,3-7H2;1-5H;3-4H2,1-2H3;1H3;;;;;;/q;;;;;;;;+1;;;;-1/b2*11-7+;;;;;;;;;;;. The van der Waals surface area contributed by atoms with Crippen molar-refractivity contribution in [2.75, 3.05) is 19.8 Å². The normalized spacial score (nSPS) is 16.3. The Labute approximate surface area is 519 Å². The SMILES string of the molecule is C=CC1(O)CCCCC1.CC#N.CCOCC.N#CCC(O)c1cccc(/C=C/C2(O)CCCCC2)c1.N#CCC(O)c1cccc(Br)c1.NCCC(O)c1cccc(/C=C/C2(O)CCCCC2)c1.O=Cc1cccc(Br)c1.[AlH3].[H-].[Li+]. The molecular formula is C64H90AlBr2LiN4O8. The second-order valence-electron chi connectivity index (χ2n) is 19.3. The van der Waals surface area contributed by atoms with Gasteiger partial charge < -0.3 is 42.5 Å². The number of halogens is 2. The number of aldehydes is 1. The fraction of sp³-hybridized carbons (Fsp3) is 0.469. The first-order valence-electron chi connectivity index (χ1n) is 27.1. The number of benzene rings is 4. The van der Waals surface area contributed by atoms with Crippen LogP contribution in [0.15, 0.2) is 131 Å². The van der Waals surface area contributed by atoms with Crippen LogP contribution in [-0.2, 0) is 4.74 Å². The van der Waals surface area contributed by atoms with Crippen LogP contribution in [0.2, 0.25) is 0 Å². The molecule has 0 saturated heterocycles. The van der Waals surface area contributed by atoms with Gasteiger partial charge in [0, 0.05) is 34.6 Å². The zero-order valence-electron chi connectivity index (χ0n) is 48.2. The Hall–Kier alpha value is -3.99. The van der Waals surface area contributed by atoms with Crippen LogP contribution in [0, 0.1) is 34.0 Å². The van der Waals surface area contributed by atoms with Crippen LogP contribution >= 0.6 is 31.9 Å². The molecule has 8 N–H and O–H groups in total. The maximum atomic E-state index is 10.4. The molecular weight excluding hydrogens is 1150 g/mol. The monoisotopic (exact) mass is 1230 g/mol. The molecule has 3 fully saturated rings. The molecule has 0 heterocycles. The van der Waals surface area contributed by atoms with E-state index in [4.69, 9.17) is 26.3 Å². The summed E-state index contributed by atoms with van der Waals surface area (Å²) in [7, 11) is 0. The van der Waals surface area contributed by atoms with Gasteiger partial charge in [-0.1, -0.05) is 181 Å². The van der Waals surface area contributed by atoms with Gasteiger partial charge >= 0.3 is 18.9 Å². The van der Waals surface area contributed by atoms with Crippen molar-refractivity contribution < 1.29 is 60.5 Å². The van der Waals surface area contributed by atoms with Gasteiger partial charge in [-0.2, -0.15) is 15.8 Å². The molecule has 3 atom stereocenters. The van der Waals surface area contributed by atoms with Gasteiger partial charge in [0.05, 0.1) is 66.2 Å². The van der Waals surface area contributed by atoms with E-state index in [1.165, 1.54) is 26.2 Å². The van der Waals surface area contributed by atoms with Gasteiger partial charge in [-0.15, -0.1) is 6.58 Å². The molecule has 0 aliphatic heterocycles. The number of ether oxygens (including phenoxy) is 1. The summed E-state index contributed by atoms with van der Waals surface area (Å²) in [6, 6.07) is 35.5. The van der Waals surface area contributed by atoms with E-state index in [1.54, 1.807) is 30.3 Å². The second kappa shape index (κ2) is 46.5. The van der Waals surface area contributed by atoms with Crippen molar-refractivity contribution in [3.05, 3.63) is 164 Å². The molecule has 432 valence electrons. The van der Waals surface area contributed by atoms with Crippen LogP contribution < -0.4 is 24.6 Å². The summed E-state index contributed by atoms with van der Waals surface area (Å²) in [5, 5.41) is 83.9. The van der Waals surface area contributed by atoms with Crippen LogP contribution in [-0.4, -0.2) is 90.8 Å². The van der Waals surface area contributed by atoms with E-state index in [0.29, 0.717) is 18.5 Å². The average molecular weight is 1240 g/mol. The predicted octanol–water partition coefficient (Wildman–Crippen LogP) is 10.1. The predicted molar refractivity (Wildman–Crippen MR) is 332 cm³/mol. The van der Waals surface area contributed by atoms with E-state index in [1.807, 2.05) is 129 Å². The molecule has 80 heavy (non-hydrogen) atoms. The molecule has 3 unspecified atom stereocenters. The molecule has 12 nitrogen and oxygen atoms in total. The molecule has 3 saturated carbocycles. The third kappa shape index (κ3) is 35.1. The zero-order chi connectivity index (χ0) is 58.1. The van der Waals surface area contributed by atoms with Gasteiger partial charge in [0.25, 0.3) is 0 Å². The Morgan fingerprint density at radius 1 is 0.613 bits per heavy atom. The van der Waals surface area contributed by atoms with Crippen molar-refractivity contribution in [3.63, 3.8) is 0 Å². The number of carbonyl (C=O) groups is 1. The van der Waals surface area contributed by atoms with Crippen molar-refractivity contribution >= 4 is 67.7 Å². The van der Waals surface area contributed by atoms with Crippen LogP contribution in [0.25, 0.3) is 12.2 Å². The fourth-order valence-corrected chi connectivity index (χ4v) is 9.34. The van der Waals surface area contributed by atoms with Crippen LogP contribution in [0.1, 0.15) is 194 Å². The number of aliphatic hydroxyl groups is 6. The first kappa shape index (κ1) is 78.1. The average Bonchev–Trinajstić information content (AvgIpc) is 3.44. The van der Waals surface area contributed by atoms with E-state index in [2.05, 4.69) is 38.4 Å². The number of nitriles is 3. The van der Waals surface area contributed by atoms with E-state index in [-0.39, 0.29) is 50.5 Å². The number of nitrogens with two attached hydrogens (primary N) is 1. The molecule has 0 amide bonds. The number of nitrogens with zero attached hydrogens (tertiary/aromatic N) is 3. The molecule has 16 heteroatoms. The van der Waals surface area contributed by atoms with Gasteiger partial charge in [0.1, 0.15) is 6.29 Å². The van der Waals surface area contributed by atoms with Gasteiger partial charge in [-0.25, -0.2) is 0 Å². The molecule has 4 aromatic carbocycles. The number of hydrogen-bond donors (Lipinski definition) is 7. The van der Waals surface area contributed by atoms with Crippen molar-refractivity contribution in [3.8, 4) is 18.2 Å². The zero-order valence-corrected chi connectivity index (χ0v) is 50.3. The molecule has 0 radical (unpaired) electrons. The van der Waals surface area contributed by atoms with E-state index in [9.17, 15) is 35.4 Å². The number of carbonyl (C=O) groups excluding carboxylic acids is 1. The number of rotatable bonds is 15. The van der Waals surface area contributed by atoms with Gasteiger partial charge in [0.2, 0.25) is 0 Å². The first-order valence-corrected chi connectivity index (χ1v) is 28.7. The van der Waals surface area contributed by atoms with Gasteiger partial charge in [-0.3, -0.25) is 4.79 Å². The summed E-state index contributed by atoms with van der Waals surface area (Å²) >= 11 is 6.53. The maximum absolute atomic E-state index is 10.4. The summed E-state index contributed by atoms with van der Waals surface area (Å²) in [5.74, 6) is 0. The van der Waals surface area contributed by atoms with Gasteiger partial charge in [-0.05, 0) is 130 Å². The summed E-state index contributed by atoms with van der Waals surface area (Å²) in [5.41, 5.74) is 8.67. The molecule has 0 bridgehead atoms. The van der Waals surface area contributed by atoms with Crippen LogP contribution in [0.5, 0.6) is 0 Å². The van der Waals surface area contributed by atoms with Crippen molar-refractivity contribution in [1.29, 1.82) is 15.8 Å². The topological polar surface area (TPSA) is 245 Å². The summed E-state index contributed by atoms with van der Waals surface area (Å²) < 4.78 is 6.68. The van der Waals surface area contributed by atoms with E-state index in [0.717, 1.165) is 133 Å². The Bertz CT molecular complexity index is 2480. The quantitative estimate of drug-likeness (QED) is 0.0334. The van der Waals surface area contributed by atoms with E-state index >= 15 is 0 Å². The van der Waals surface area contributed by atoms with Crippen LogP contribution in [0.4, 0.5) is 0 Å². The molecule has 3 aliphatic rings. The van der Waals surface area contributed by atoms with Gasteiger partial charge in [0.15, 0.2) is 17.4 Å². The van der Waals surface area contributed by atoms with Crippen molar-refractivity contribution in [1.82, 2.24) is 0 Å². The fourth-order valence-electron chi connectivity index (χ4n) is 8.50. The van der Waals surface area contributed by atoms with E-state index < -0.39 is 35.1 Å². The largest absolute Gasteiger partial charge is 1.00 e. The third-order valence-corrected chi connectivity index (χ3v) is 13.9. The summed E-state index contributed by atoms with van der Waals surface area (Å²) in [6.45, 7) is 11.2. The molecule has 3 aliphatic carbocycles. The molecule has 4 aromatic rings. The molecule has 7 rings (SSSR count). The third-order valence-electron chi connectivity index (χ3n) is 12.9. The first-order chi connectivity index (χ1) is 37.4.